The fraction of sp³-hybridized carbons (Fsp3) is 1.00. The van der Waals surface area contributed by atoms with Crippen molar-refractivity contribution in [1.29, 1.82) is 0 Å². The smallest absolute Gasteiger partial charge is 0.187 e. The summed E-state index contributed by atoms with van der Waals surface area (Å²) in [5.41, 5.74) is -0.426. The maximum absolute atomic E-state index is 11.4. The summed E-state index contributed by atoms with van der Waals surface area (Å²) in [5, 5.41) is 32.5. The second-order valence-corrected chi connectivity index (χ2v) is 11.6. The fourth-order valence-corrected chi connectivity index (χ4v) is 6.02. The predicted molar refractivity (Wildman–Crippen MR) is 130 cm³/mol. The van der Waals surface area contributed by atoms with Crippen molar-refractivity contribution < 1.29 is 43.7 Å². The van der Waals surface area contributed by atoms with Crippen LogP contribution in [0.1, 0.15) is 54.4 Å². The van der Waals surface area contributed by atoms with Gasteiger partial charge in [-0.05, 0) is 39.7 Å². The summed E-state index contributed by atoms with van der Waals surface area (Å²) < 4.78 is 36.9. The summed E-state index contributed by atoms with van der Waals surface area (Å²) in [5.74, 6) is 0.596. The standard InChI is InChI=1S/C26H47NO9/c1-8-17(28)31-11-16-19(29)23(18-22(34-16)15(13(3)4)10-27(18)7)35-25-20(30)24-21(14(5)33-25)36-26(6,9-2)12-32-24/h13-25,28-30H,8-12H2,1-7H3. The molecule has 13 unspecified atom stereocenters. The molecule has 4 rings (SSSR count). The summed E-state index contributed by atoms with van der Waals surface area (Å²) >= 11 is 0. The molecule has 0 aromatic carbocycles. The van der Waals surface area contributed by atoms with E-state index < -0.39 is 54.8 Å². The van der Waals surface area contributed by atoms with Crippen molar-refractivity contribution >= 4 is 0 Å². The average Bonchev–Trinajstić information content (AvgIpc) is 3.18. The zero-order valence-corrected chi connectivity index (χ0v) is 22.8. The van der Waals surface area contributed by atoms with Crippen LogP contribution in [0.15, 0.2) is 0 Å². The van der Waals surface area contributed by atoms with E-state index in [0.29, 0.717) is 18.9 Å². The molecule has 13 atom stereocenters. The van der Waals surface area contributed by atoms with Gasteiger partial charge >= 0.3 is 0 Å². The number of fused-ring (bicyclic) bond motifs is 2. The number of rotatable bonds is 8. The molecule has 4 saturated heterocycles. The van der Waals surface area contributed by atoms with Crippen molar-refractivity contribution in [3.05, 3.63) is 0 Å². The molecule has 3 N–H and O–H groups in total. The van der Waals surface area contributed by atoms with Gasteiger partial charge in [0.1, 0.15) is 36.6 Å². The van der Waals surface area contributed by atoms with E-state index in [9.17, 15) is 15.3 Å². The number of aliphatic hydroxyl groups is 3. The molecular formula is C26H47NO9. The molecule has 0 aromatic rings. The average molecular weight is 518 g/mol. The van der Waals surface area contributed by atoms with Gasteiger partial charge in [-0.25, -0.2) is 0 Å². The van der Waals surface area contributed by atoms with Crippen LogP contribution in [0.2, 0.25) is 0 Å². The van der Waals surface area contributed by atoms with Crippen molar-refractivity contribution in [3.8, 4) is 0 Å². The normalized spacial score (nSPS) is 48.6. The van der Waals surface area contributed by atoms with Crippen molar-refractivity contribution in [2.75, 3.05) is 26.8 Å². The van der Waals surface area contributed by atoms with Gasteiger partial charge in [-0.3, -0.25) is 4.90 Å². The first-order valence-electron chi connectivity index (χ1n) is 13.6. The van der Waals surface area contributed by atoms with Crippen LogP contribution >= 0.6 is 0 Å². The molecule has 0 saturated carbocycles. The molecule has 4 fully saturated rings. The summed E-state index contributed by atoms with van der Waals surface area (Å²) in [4.78, 5) is 2.16. The minimum absolute atomic E-state index is 0.0372. The molecule has 10 heteroatoms. The molecule has 0 aromatic heterocycles. The van der Waals surface area contributed by atoms with Crippen molar-refractivity contribution in [3.63, 3.8) is 0 Å². The Morgan fingerprint density at radius 1 is 1.08 bits per heavy atom. The molecule has 0 bridgehead atoms. The van der Waals surface area contributed by atoms with Crippen molar-refractivity contribution in [2.45, 2.75) is 127 Å². The Morgan fingerprint density at radius 3 is 2.44 bits per heavy atom. The van der Waals surface area contributed by atoms with E-state index in [1.807, 2.05) is 34.7 Å². The van der Waals surface area contributed by atoms with Gasteiger partial charge < -0.3 is 43.7 Å². The Labute approximate surface area is 215 Å². The monoisotopic (exact) mass is 517 g/mol. The Morgan fingerprint density at radius 2 is 1.81 bits per heavy atom. The van der Waals surface area contributed by atoms with E-state index in [1.54, 1.807) is 0 Å². The number of likely N-dealkylation sites (N-methyl/N-ethyl adjacent to an activating group) is 1. The first kappa shape index (κ1) is 28.6. The van der Waals surface area contributed by atoms with Crippen LogP contribution in [0.4, 0.5) is 0 Å². The number of ether oxygens (including phenoxy) is 6. The van der Waals surface area contributed by atoms with Gasteiger partial charge in [-0.2, -0.15) is 0 Å². The van der Waals surface area contributed by atoms with Gasteiger partial charge in [0.15, 0.2) is 12.6 Å². The quantitative estimate of drug-likeness (QED) is 0.401. The summed E-state index contributed by atoms with van der Waals surface area (Å²) in [6.07, 6.45) is -5.76. The first-order chi connectivity index (χ1) is 17.0. The zero-order valence-electron chi connectivity index (χ0n) is 22.8. The third kappa shape index (κ3) is 5.50. The molecule has 0 spiro atoms. The van der Waals surface area contributed by atoms with Gasteiger partial charge in [0, 0.05) is 12.5 Å². The van der Waals surface area contributed by atoms with Crippen molar-refractivity contribution in [1.82, 2.24) is 4.90 Å². The summed E-state index contributed by atoms with van der Waals surface area (Å²) in [6, 6.07) is -0.226. The Bertz CT molecular complexity index is 728. The topological polar surface area (TPSA) is 119 Å². The maximum atomic E-state index is 11.4. The Balaban J connectivity index is 1.53. The molecule has 4 heterocycles. The molecule has 4 aliphatic rings. The molecule has 0 aliphatic carbocycles. The van der Waals surface area contributed by atoms with Gasteiger partial charge in [0.2, 0.25) is 0 Å². The lowest BCUT2D eigenvalue weighted by Gasteiger charge is -2.52. The van der Waals surface area contributed by atoms with Gasteiger partial charge in [-0.15, -0.1) is 0 Å². The third-order valence-electron chi connectivity index (χ3n) is 8.60. The Hall–Kier alpha value is -0.400. The first-order valence-corrected chi connectivity index (χ1v) is 13.6. The molecule has 10 nitrogen and oxygen atoms in total. The lowest BCUT2D eigenvalue weighted by Crippen LogP contribution is -2.68. The van der Waals surface area contributed by atoms with Crippen LogP contribution in [-0.2, 0) is 28.4 Å². The second kappa shape index (κ2) is 11.4. The number of aliphatic hydroxyl groups excluding tert-OH is 3. The number of hydrogen-bond donors (Lipinski definition) is 3. The number of hydrogen-bond acceptors (Lipinski definition) is 10. The van der Waals surface area contributed by atoms with Crippen LogP contribution in [0.25, 0.3) is 0 Å². The Kier molecular flexibility index (Phi) is 9.04. The van der Waals surface area contributed by atoms with Crippen LogP contribution in [-0.4, -0.2) is 120 Å². The molecule has 0 radical (unpaired) electrons. The highest BCUT2D eigenvalue weighted by atomic mass is 16.7. The van der Waals surface area contributed by atoms with E-state index in [2.05, 4.69) is 18.7 Å². The molecule has 0 amide bonds. The van der Waals surface area contributed by atoms with E-state index in [0.717, 1.165) is 13.0 Å². The van der Waals surface area contributed by atoms with Gasteiger partial charge in [0.05, 0.1) is 37.1 Å². The van der Waals surface area contributed by atoms with E-state index in [4.69, 9.17) is 28.4 Å². The summed E-state index contributed by atoms with van der Waals surface area (Å²) in [7, 11) is 2.00. The van der Waals surface area contributed by atoms with Gasteiger partial charge in [0.25, 0.3) is 0 Å². The zero-order chi connectivity index (χ0) is 26.4. The highest BCUT2D eigenvalue weighted by molar-refractivity contribution is 5.06. The second-order valence-electron chi connectivity index (χ2n) is 11.6. The van der Waals surface area contributed by atoms with E-state index in [-0.39, 0.29) is 30.8 Å². The molecule has 36 heavy (non-hydrogen) atoms. The SMILES string of the molecule is CCC(O)OCC1OC2C(C(C)C)CN(C)C2C(OC2OC(C)C3OC(C)(CC)COC3C2O)C1O. The van der Waals surface area contributed by atoms with Crippen LogP contribution in [0, 0.1) is 11.8 Å². The van der Waals surface area contributed by atoms with Gasteiger partial charge in [-0.1, -0.05) is 27.7 Å². The lowest BCUT2D eigenvalue weighted by atomic mass is 9.84. The maximum Gasteiger partial charge on any atom is 0.187 e. The van der Waals surface area contributed by atoms with E-state index >= 15 is 0 Å². The van der Waals surface area contributed by atoms with Crippen molar-refractivity contribution in [2.24, 2.45) is 11.8 Å². The third-order valence-corrected chi connectivity index (χ3v) is 8.60. The number of nitrogens with zero attached hydrogens (tertiary/aromatic N) is 1. The highest BCUT2D eigenvalue weighted by Gasteiger charge is 2.57. The lowest BCUT2D eigenvalue weighted by molar-refractivity contribution is -0.366. The molecule has 210 valence electrons. The fourth-order valence-electron chi connectivity index (χ4n) is 6.02. The highest BCUT2D eigenvalue weighted by Crippen LogP contribution is 2.41. The summed E-state index contributed by atoms with van der Waals surface area (Å²) in [6.45, 7) is 13.3. The van der Waals surface area contributed by atoms with E-state index in [1.165, 1.54) is 0 Å². The molecular weight excluding hydrogens is 470 g/mol. The largest absolute Gasteiger partial charge is 0.388 e. The number of likely N-dealkylation sites (tertiary alicyclic amines) is 1. The van der Waals surface area contributed by atoms with Crippen LogP contribution in [0.5, 0.6) is 0 Å². The minimum atomic E-state index is -1.08. The predicted octanol–water partition coefficient (Wildman–Crippen LogP) is 0.890. The van der Waals surface area contributed by atoms with Crippen LogP contribution < -0.4 is 0 Å². The minimum Gasteiger partial charge on any atom is -0.388 e. The molecule has 4 aliphatic heterocycles. The van der Waals surface area contributed by atoms with Crippen LogP contribution in [0.3, 0.4) is 0 Å².